The quantitative estimate of drug-likeness (QED) is 0.695. The second-order valence-electron chi connectivity index (χ2n) is 6.35. The molecule has 0 radical (unpaired) electrons. The molecule has 0 unspecified atom stereocenters. The Balaban J connectivity index is 1.72. The number of carbonyl (C=O) groups excluding carboxylic acids is 1. The fourth-order valence-corrected chi connectivity index (χ4v) is 3.88. The minimum absolute atomic E-state index is 0.127. The van der Waals surface area contributed by atoms with Crippen LogP contribution in [0.3, 0.4) is 0 Å². The lowest BCUT2D eigenvalue weighted by Gasteiger charge is -2.16. The number of carbonyl (C=O) groups is 1. The minimum atomic E-state index is -0.127. The van der Waals surface area contributed by atoms with E-state index < -0.39 is 0 Å². The number of rotatable bonds is 6. The van der Waals surface area contributed by atoms with E-state index in [2.05, 4.69) is 31.3 Å². The maximum atomic E-state index is 12.5. The van der Waals surface area contributed by atoms with Crippen molar-refractivity contribution in [2.45, 2.75) is 13.8 Å². The molecular weight excluding hydrogens is 362 g/mol. The molecule has 1 aromatic heterocycles. The third-order valence-electron chi connectivity index (χ3n) is 4.31. The number of benzene rings is 2. The van der Waals surface area contributed by atoms with E-state index in [1.54, 1.807) is 43.8 Å². The first-order chi connectivity index (χ1) is 12.9. The molecule has 0 aliphatic carbocycles. The van der Waals surface area contributed by atoms with E-state index in [0.29, 0.717) is 17.2 Å². The Labute approximate surface area is 162 Å². The van der Waals surface area contributed by atoms with Gasteiger partial charge >= 0.3 is 0 Å². The van der Waals surface area contributed by atoms with Gasteiger partial charge in [-0.3, -0.25) is 4.79 Å². The zero-order valence-corrected chi connectivity index (χ0v) is 16.9. The van der Waals surface area contributed by atoms with Crippen molar-refractivity contribution in [2.75, 3.05) is 38.0 Å². The molecule has 2 aromatic carbocycles. The summed E-state index contributed by atoms with van der Waals surface area (Å²) in [6, 6.07) is 9.45. The maximum Gasteiger partial charge on any atom is 0.243 e. The monoisotopic (exact) mass is 385 g/mol. The van der Waals surface area contributed by atoms with E-state index >= 15 is 0 Å². The smallest absolute Gasteiger partial charge is 0.243 e. The number of hydrogen-bond donors (Lipinski definition) is 1. The van der Waals surface area contributed by atoms with Crippen LogP contribution >= 0.6 is 11.3 Å². The average Bonchev–Trinajstić information content (AvgIpc) is 3.11. The Morgan fingerprint density at radius 2 is 1.81 bits per heavy atom. The van der Waals surface area contributed by atoms with E-state index in [4.69, 9.17) is 14.5 Å². The fourth-order valence-electron chi connectivity index (χ4n) is 2.81. The van der Waals surface area contributed by atoms with Gasteiger partial charge in [-0.2, -0.15) is 0 Å². The number of likely N-dealkylation sites (N-methyl/N-ethyl adjacent to an activating group) is 1. The molecule has 0 saturated heterocycles. The number of nitrogens with zero attached hydrogens (tertiary/aromatic N) is 2. The topological polar surface area (TPSA) is 63.7 Å². The summed E-state index contributed by atoms with van der Waals surface area (Å²) in [5.41, 5.74) is 3.99. The van der Waals surface area contributed by atoms with E-state index in [1.165, 1.54) is 5.56 Å². The van der Waals surface area contributed by atoms with Crippen LogP contribution in [0.25, 0.3) is 10.2 Å². The third kappa shape index (κ3) is 3.98. The zero-order chi connectivity index (χ0) is 19.6. The van der Waals surface area contributed by atoms with Gasteiger partial charge in [-0.1, -0.05) is 23.5 Å². The normalized spacial score (nSPS) is 10.7. The van der Waals surface area contributed by atoms with Crippen molar-refractivity contribution in [3.63, 3.8) is 0 Å². The van der Waals surface area contributed by atoms with Crippen molar-refractivity contribution in [3.05, 3.63) is 41.5 Å². The first-order valence-electron chi connectivity index (χ1n) is 8.52. The number of hydrogen-bond acceptors (Lipinski definition) is 6. The lowest BCUT2D eigenvalue weighted by atomic mass is 10.1. The van der Waals surface area contributed by atoms with Crippen LogP contribution in [-0.2, 0) is 4.79 Å². The van der Waals surface area contributed by atoms with E-state index in [0.717, 1.165) is 20.9 Å². The predicted octanol–water partition coefficient (Wildman–Crippen LogP) is 4.01. The molecule has 3 aromatic rings. The second-order valence-corrected chi connectivity index (χ2v) is 7.33. The molecule has 142 valence electrons. The highest BCUT2D eigenvalue weighted by Gasteiger charge is 2.15. The van der Waals surface area contributed by atoms with Crippen molar-refractivity contribution < 1.29 is 14.3 Å². The summed E-state index contributed by atoms with van der Waals surface area (Å²) in [4.78, 5) is 19.0. The lowest BCUT2D eigenvalue weighted by molar-refractivity contribution is -0.114. The number of thiazole rings is 1. The SMILES string of the molecule is COc1ccc(NC(=O)CN(C)c2nc3c(C)ccc(C)c3s2)cc1OC. The van der Waals surface area contributed by atoms with Gasteiger partial charge in [0.2, 0.25) is 5.91 Å². The molecule has 7 heteroatoms. The zero-order valence-electron chi connectivity index (χ0n) is 16.1. The minimum Gasteiger partial charge on any atom is -0.493 e. The first kappa shape index (κ1) is 19.0. The molecule has 3 rings (SSSR count). The third-order valence-corrected chi connectivity index (χ3v) is 5.61. The molecule has 1 N–H and O–H groups in total. The lowest BCUT2D eigenvalue weighted by Crippen LogP contribution is -2.29. The number of ether oxygens (including phenoxy) is 2. The number of anilines is 2. The summed E-state index contributed by atoms with van der Waals surface area (Å²) in [5, 5.41) is 3.71. The Hall–Kier alpha value is -2.80. The molecule has 0 atom stereocenters. The molecule has 1 amide bonds. The second kappa shape index (κ2) is 7.84. The molecule has 0 bridgehead atoms. The first-order valence-corrected chi connectivity index (χ1v) is 9.34. The van der Waals surface area contributed by atoms with Gasteiger partial charge in [0.25, 0.3) is 0 Å². The Kier molecular flexibility index (Phi) is 5.51. The van der Waals surface area contributed by atoms with Crippen LogP contribution in [0, 0.1) is 13.8 Å². The van der Waals surface area contributed by atoms with Gasteiger partial charge in [-0.25, -0.2) is 4.98 Å². The largest absolute Gasteiger partial charge is 0.493 e. The van der Waals surface area contributed by atoms with Gasteiger partial charge in [0.05, 0.1) is 31.0 Å². The van der Waals surface area contributed by atoms with Crippen molar-refractivity contribution in [1.82, 2.24) is 4.98 Å². The molecule has 0 fully saturated rings. The predicted molar refractivity (Wildman–Crippen MR) is 111 cm³/mol. The van der Waals surface area contributed by atoms with Gasteiger partial charge in [0, 0.05) is 18.8 Å². The van der Waals surface area contributed by atoms with E-state index in [9.17, 15) is 4.79 Å². The van der Waals surface area contributed by atoms with Gasteiger partial charge < -0.3 is 19.7 Å². The van der Waals surface area contributed by atoms with Crippen LogP contribution in [0.1, 0.15) is 11.1 Å². The molecule has 0 aliphatic rings. The fraction of sp³-hybridized carbons (Fsp3) is 0.300. The number of methoxy groups -OCH3 is 2. The summed E-state index contributed by atoms with van der Waals surface area (Å²) >= 11 is 1.60. The highest BCUT2D eigenvalue weighted by atomic mass is 32.1. The Morgan fingerprint density at radius 1 is 1.11 bits per heavy atom. The number of aromatic nitrogens is 1. The Morgan fingerprint density at radius 3 is 2.48 bits per heavy atom. The highest BCUT2D eigenvalue weighted by Crippen LogP contribution is 2.33. The number of aryl methyl sites for hydroxylation is 2. The van der Waals surface area contributed by atoms with E-state index in [-0.39, 0.29) is 12.5 Å². The van der Waals surface area contributed by atoms with Crippen molar-refractivity contribution in [3.8, 4) is 11.5 Å². The molecule has 0 spiro atoms. The standard InChI is InChI=1S/C20H23N3O3S/c1-12-6-7-13(2)19-18(12)22-20(27-19)23(3)11-17(24)21-14-8-9-15(25-4)16(10-14)26-5/h6-10H,11H2,1-5H3,(H,21,24). The summed E-state index contributed by atoms with van der Waals surface area (Å²) < 4.78 is 11.6. The van der Waals surface area contributed by atoms with Crippen LogP contribution in [0.2, 0.25) is 0 Å². The van der Waals surface area contributed by atoms with Gasteiger partial charge in [0.1, 0.15) is 0 Å². The van der Waals surface area contributed by atoms with Crippen LogP contribution < -0.4 is 19.7 Å². The molecular formula is C20H23N3O3S. The summed E-state index contributed by atoms with van der Waals surface area (Å²) in [6.45, 7) is 4.33. The molecule has 1 heterocycles. The van der Waals surface area contributed by atoms with Gasteiger partial charge in [-0.05, 0) is 37.1 Å². The van der Waals surface area contributed by atoms with Crippen molar-refractivity contribution in [1.29, 1.82) is 0 Å². The maximum absolute atomic E-state index is 12.5. The molecule has 0 aliphatic heterocycles. The highest BCUT2D eigenvalue weighted by molar-refractivity contribution is 7.22. The van der Waals surface area contributed by atoms with E-state index in [1.807, 2.05) is 11.9 Å². The van der Waals surface area contributed by atoms with Crippen molar-refractivity contribution >= 4 is 38.3 Å². The number of nitrogens with one attached hydrogen (secondary N) is 1. The molecule has 27 heavy (non-hydrogen) atoms. The molecule has 0 saturated carbocycles. The van der Waals surface area contributed by atoms with Crippen LogP contribution in [0.4, 0.5) is 10.8 Å². The summed E-state index contributed by atoms with van der Waals surface area (Å²) in [5.74, 6) is 1.06. The number of fused-ring (bicyclic) bond motifs is 1. The van der Waals surface area contributed by atoms with Crippen LogP contribution in [0.5, 0.6) is 11.5 Å². The van der Waals surface area contributed by atoms with Gasteiger partial charge in [0.15, 0.2) is 16.6 Å². The summed E-state index contributed by atoms with van der Waals surface area (Å²) in [6.07, 6.45) is 0. The average molecular weight is 385 g/mol. The Bertz CT molecular complexity index is 945. The van der Waals surface area contributed by atoms with Crippen LogP contribution in [0.15, 0.2) is 30.3 Å². The molecule has 6 nitrogen and oxygen atoms in total. The summed E-state index contributed by atoms with van der Waals surface area (Å²) in [7, 11) is 5.01. The van der Waals surface area contributed by atoms with Crippen molar-refractivity contribution in [2.24, 2.45) is 0 Å². The van der Waals surface area contributed by atoms with Crippen LogP contribution in [-0.4, -0.2) is 38.7 Å². The van der Waals surface area contributed by atoms with Gasteiger partial charge in [-0.15, -0.1) is 0 Å². The number of amides is 1.